The van der Waals surface area contributed by atoms with Crippen molar-refractivity contribution in [1.29, 1.82) is 0 Å². The zero-order valence-corrected chi connectivity index (χ0v) is 19.2. The van der Waals surface area contributed by atoms with Gasteiger partial charge in [-0.15, -0.1) is 10.2 Å². The average molecular weight is 443 g/mol. The van der Waals surface area contributed by atoms with Crippen LogP contribution in [0.2, 0.25) is 0 Å². The lowest BCUT2D eigenvalue weighted by Gasteiger charge is -2.41. The first-order valence-electron chi connectivity index (χ1n) is 12.2. The predicted octanol–water partition coefficient (Wildman–Crippen LogP) is 5.38. The fourth-order valence-electron chi connectivity index (χ4n) is 5.38. The maximum Gasteiger partial charge on any atom is 0.233 e. The number of carbonyl (C=O) groups is 1. The number of hydrogen-bond donors (Lipinski definition) is 0. The molecule has 2 heterocycles. The third kappa shape index (κ3) is 5.02. The minimum absolute atomic E-state index is 0.296. The molecule has 0 atom stereocenters. The van der Waals surface area contributed by atoms with Crippen LogP contribution in [0.5, 0.6) is 0 Å². The first-order valence-corrected chi connectivity index (χ1v) is 13.2. The van der Waals surface area contributed by atoms with Gasteiger partial charge in [0.05, 0.1) is 18.6 Å². The summed E-state index contributed by atoms with van der Waals surface area (Å²) >= 11 is 1.56. The SMILES string of the molecule is O=C(CSc1nnc(C2CC2)n1Cc1ccco1)N(C1CCCCC1)C1CCCCC1. The van der Waals surface area contributed by atoms with Crippen LogP contribution in [0, 0.1) is 0 Å². The van der Waals surface area contributed by atoms with E-state index in [0.717, 1.165) is 16.7 Å². The Labute approximate surface area is 189 Å². The number of aromatic nitrogens is 3. The highest BCUT2D eigenvalue weighted by Gasteiger charge is 2.34. The molecule has 3 fully saturated rings. The van der Waals surface area contributed by atoms with E-state index in [1.54, 1.807) is 18.0 Å². The molecular weight excluding hydrogens is 408 g/mol. The minimum atomic E-state index is 0.296. The highest BCUT2D eigenvalue weighted by Crippen LogP contribution is 2.40. The van der Waals surface area contributed by atoms with Crippen molar-refractivity contribution in [3.63, 3.8) is 0 Å². The molecule has 0 spiro atoms. The lowest BCUT2D eigenvalue weighted by molar-refractivity contribution is -0.135. The molecule has 2 aromatic rings. The summed E-state index contributed by atoms with van der Waals surface area (Å²) in [6, 6.07) is 4.78. The Bertz CT molecular complexity index is 831. The van der Waals surface area contributed by atoms with Crippen LogP contribution >= 0.6 is 11.8 Å². The van der Waals surface area contributed by atoms with E-state index in [0.29, 0.717) is 36.2 Å². The molecule has 3 saturated carbocycles. The van der Waals surface area contributed by atoms with Crippen LogP contribution < -0.4 is 0 Å². The quantitative estimate of drug-likeness (QED) is 0.513. The van der Waals surface area contributed by atoms with Gasteiger partial charge in [-0.1, -0.05) is 50.3 Å². The molecule has 168 valence electrons. The largest absolute Gasteiger partial charge is 0.467 e. The summed E-state index contributed by atoms with van der Waals surface area (Å²) in [6.45, 7) is 0.636. The van der Waals surface area contributed by atoms with Crippen LogP contribution in [-0.2, 0) is 11.3 Å². The Kier molecular flexibility index (Phi) is 6.67. The summed E-state index contributed by atoms with van der Waals surface area (Å²) in [5, 5.41) is 9.81. The second kappa shape index (κ2) is 9.80. The van der Waals surface area contributed by atoms with Crippen LogP contribution in [0.15, 0.2) is 28.0 Å². The molecular formula is C24H34N4O2S. The Morgan fingerprint density at radius 3 is 2.26 bits per heavy atom. The summed E-state index contributed by atoms with van der Waals surface area (Å²) < 4.78 is 7.75. The zero-order valence-electron chi connectivity index (χ0n) is 18.4. The standard InChI is InChI=1S/C24H34N4O2S/c29-22(28(19-8-3-1-4-9-19)20-10-5-2-6-11-20)17-31-24-26-25-23(18-13-14-18)27(24)16-21-12-7-15-30-21/h7,12,15,18-20H,1-6,8-11,13-14,16-17H2. The number of hydrogen-bond acceptors (Lipinski definition) is 5. The fraction of sp³-hybridized carbons (Fsp3) is 0.708. The normalized spacial score (nSPS) is 20.8. The number of thioether (sulfide) groups is 1. The Morgan fingerprint density at radius 2 is 1.68 bits per heavy atom. The highest BCUT2D eigenvalue weighted by atomic mass is 32.2. The average Bonchev–Trinajstić information content (AvgIpc) is 3.37. The molecule has 31 heavy (non-hydrogen) atoms. The maximum atomic E-state index is 13.5. The maximum absolute atomic E-state index is 13.5. The van der Waals surface area contributed by atoms with Gasteiger partial charge in [-0.2, -0.15) is 0 Å². The lowest BCUT2D eigenvalue weighted by Crippen LogP contribution is -2.49. The van der Waals surface area contributed by atoms with Crippen molar-refractivity contribution in [2.75, 3.05) is 5.75 Å². The van der Waals surface area contributed by atoms with Gasteiger partial charge in [-0.05, 0) is 50.7 Å². The molecule has 0 aliphatic heterocycles. The van der Waals surface area contributed by atoms with Crippen LogP contribution in [0.25, 0.3) is 0 Å². The van der Waals surface area contributed by atoms with Crippen molar-refractivity contribution >= 4 is 17.7 Å². The molecule has 5 rings (SSSR count). The van der Waals surface area contributed by atoms with Crippen LogP contribution in [-0.4, -0.2) is 43.4 Å². The summed E-state index contributed by atoms with van der Waals surface area (Å²) in [7, 11) is 0. The van der Waals surface area contributed by atoms with Crippen molar-refractivity contribution in [1.82, 2.24) is 19.7 Å². The number of rotatable bonds is 8. The van der Waals surface area contributed by atoms with Gasteiger partial charge < -0.3 is 9.32 Å². The third-order valence-corrected chi connectivity index (χ3v) is 8.08. The molecule has 6 nitrogen and oxygen atoms in total. The number of amides is 1. The van der Waals surface area contributed by atoms with Crippen LogP contribution in [0.3, 0.4) is 0 Å². The van der Waals surface area contributed by atoms with E-state index in [-0.39, 0.29) is 0 Å². The molecule has 2 aromatic heterocycles. The summed E-state index contributed by atoms with van der Waals surface area (Å²) in [4.78, 5) is 15.8. The summed E-state index contributed by atoms with van der Waals surface area (Å²) in [5.74, 6) is 3.20. The molecule has 0 saturated heterocycles. The second-order valence-electron chi connectivity index (χ2n) is 9.45. The van der Waals surface area contributed by atoms with E-state index in [9.17, 15) is 4.79 Å². The van der Waals surface area contributed by atoms with Gasteiger partial charge in [-0.25, -0.2) is 0 Å². The number of carbonyl (C=O) groups excluding carboxylic acids is 1. The molecule has 3 aliphatic carbocycles. The van der Waals surface area contributed by atoms with Crippen molar-refractivity contribution in [3.8, 4) is 0 Å². The van der Waals surface area contributed by atoms with E-state index < -0.39 is 0 Å². The molecule has 1 amide bonds. The first-order chi connectivity index (χ1) is 15.3. The van der Waals surface area contributed by atoms with Crippen molar-refractivity contribution in [2.24, 2.45) is 0 Å². The smallest absolute Gasteiger partial charge is 0.233 e. The highest BCUT2D eigenvalue weighted by molar-refractivity contribution is 7.99. The first kappa shape index (κ1) is 21.1. The van der Waals surface area contributed by atoms with Gasteiger partial charge in [0.15, 0.2) is 5.16 Å². The lowest BCUT2D eigenvalue weighted by atomic mass is 9.88. The van der Waals surface area contributed by atoms with Crippen molar-refractivity contribution in [3.05, 3.63) is 30.0 Å². The number of nitrogens with zero attached hydrogens (tertiary/aromatic N) is 4. The molecule has 0 unspecified atom stereocenters. The molecule has 7 heteroatoms. The Hall–Kier alpha value is -1.76. The number of furan rings is 1. The molecule has 3 aliphatic rings. The second-order valence-corrected chi connectivity index (χ2v) is 10.4. The van der Waals surface area contributed by atoms with E-state index in [1.807, 2.05) is 12.1 Å². The fourth-order valence-corrected chi connectivity index (χ4v) is 6.20. The van der Waals surface area contributed by atoms with Gasteiger partial charge >= 0.3 is 0 Å². The van der Waals surface area contributed by atoms with Crippen molar-refractivity contribution in [2.45, 2.75) is 107 Å². The predicted molar refractivity (Wildman–Crippen MR) is 121 cm³/mol. The van der Waals surface area contributed by atoms with Gasteiger partial charge in [0, 0.05) is 18.0 Å². The monoisotopic (exact) mass is 442 g/mol. The van der Waals surface area contributed by atoms with E-state index in [1.165, 1.54) is 77.0 Å². The Morgan fingerprint density at radius 1 is 1.00 bits per heavy atom. The van der Waals surface area contributed by atoms with Gasteiger partial charge in [0.1, 0.15) is 11.6 Å². The Balaban J connectivity index is 1.30. The summed E-state index contributed by atoms with van der Waals surface area (Å²) in [5.41, 5.74) is 0. The molecule has 0 aromatic carbocycles. The van der Waals surface area contributed by atoms with E-state index in [2.05, 4.69) is 19.7 Å². The van der Waals surface area contributed by atoms with Gasteiger partial charge in [-0.3, -0.25) is 9.36 Å². The van der Waals surface area contributed by atoms with Crippen molar-refractivity contribution < 1.29 is 9.21 Å². The third-order valence-electron chi connectivity index (χ3n) is 7.13. The minimum Gasteiger partial charge on any atom is -0.467 e. The van der Waals surface area contributed by atoms with Gasteiger partial charge in [0.2, 0.25) is 5.91 Å². The summed E-state index contributed by atoms with van der Waals surface area (Å²) in [6.07, 6.45) is 16.4. The molecule has 0 bridgehead atoms. The zero-order chi connectivity index (χ0) is 21.0. The molecule has 0 radical (unpaired) electrons. The molecule has 0 N–H and O–H groups in total. The van der Waals surface area contributed by atoms with E-state index in [4.69, 9.17) is 4.42 Å². The van der Waals surface area contributed by atoms with E-state index >= 15 is 0 Å². The van der Waals surface area contributed by atoms with Gasteiger partial charge in [0.25, 0.3) is 0 Å². The van der Waals surface area contributed by atoms with Crippen LogP contribution in [0.1, 0.15) is 94.6 Å². The topological polar surface area (TPSA) is 64.2 Å². The van der Waals surface area contributed by atoms with Crippen LogP contribution in [0.4, 0.5) is 0 Å².